The third-order valence-electron chi connectivity index (χ3n) is 5.21. The summed E-state index contributed by atoms with van der Waals surface area (Å²) in [7, 11) is 1.56. The van der Waals surface area contributed by atoms with Crippen LogP contribution in [-0.4, -0.2) is 85.4 Å². The summed E-state index contributed by atoms with van der Waals surface area (Å²) < 4.78 is 10.5. The predicted octanol–water partition coefficient (Wildman–Crippen LogP) is 0.988. The fourth-order valence-electron chi connectivity index (χ4n) is 3.55. The van der Waals surface area contributed by atoms with Crippen LogP contribution in [-0.2, 0) is 4.74 Å². The lowest BCUT2D eigenvalue weighted by Gasteiger charge is -2.36. The summed E-state index contributed by atoms with van der Waals surface area (Å²) in [4.78, 5) is 32.5. The second kappa shape index (κ2) is 8.60. The Morgan fingerprint density at radius 2 is 1.79 bits per heavy atom. The van der Waals surface area contributed by atoms with Crippen LogP contribution in [0.25, 0.3) is 0 Å². The van der Waals surface area contributed by atoms with E-state index in [-0.39, 0.29) is 5.91 Å². The number of rotatable bonds is 4. The molecule has 0 spiro atoms. The number of methoxy groups -OCH3 is 1. The van der Waals surface area contributed by atoms with Gasteiger partial charge in [-0.15, -0.1) is 0 Å². The molecule has 1 amide bonds. The van der Waals surface area contributed by atoms with Crippen molar-refractivity contribution in [2.45, 2.75) is 6.92 Å². The quantitative estimate of drug-likeness (QED) is 0.754. The van der Waals surface area contributed by atoms with Crippen molar-refractivity contribution in [2.75, 3.05) is 69.4 Å². The molecule has 2 aromatic heterocycles. The smallest absolute Gasteiger partial charge is 0.255 e. The number of carbonyl (C=O) groups excluding carboxylic acids is 1. The van der Waals surface area contributed by atoms with E-state index in [9.17, 15) is 4.79 Å². The Morgan fingerprint density at radius 1 is 1.03 bits per heavy atom. The van der Waals surface area contributed by atoms with Gasteiger partial charge in [-0.25, -0.2) is 9.97 Å². The molecular formula is C20H26N6O3. The summed E-state index contributed by atoms with van der Waals surface area (Å²) >= 11 is 0. The lowest BCUT2D eigenvalue weighted by molar-refractivity contribution is 0.0746. The predicted molar refractivity (Wildman–Crippen MR) is 109 cm³/mol. The van der Waals surface area contributed by atoms with Gasteiger partial charge in [-0.05, 0) is 13.0 Å². The van der Waals surface area contributed by atoms with Crippen molar-refractivity contribution in [2.24, 2.45) is 0 Å². The molecule has 2 aliphatic heterocycles. The molecule has 2 fully saturated rings. The van der Waals surface area contributed by atoms with E-state index >= 15 is 0 Å². The van der Waals surface area contributed by atoms with Crippen molar-refractivity contribution in [3.8, 4) is 5.88 Å². The summed E-state index contributed by atoms with van der Waals surface area (Å²) in [6.45, 7) is 7.75. The lowest BCUT2D eigenvalue weighted by atomic mass is 10.2. The Hall–Kier alpha value is -2.94. The zero-order valence-electron chi connectivity index (χ0n) is 16.9. The van der Waals surface area contributed by atoms with Gasteiger partial charge in [0.25, 0.3) is 5.91 Å². The van der Waals surface area contributed by atoms with E-state index in [1.807, 2.05) is 17.9 Å². The maximum absolute atomic E-state index is 12.7. The number of piperazine rings is 1. The first kappa shape index (κ1) is 19.4. The molecule has 29 heavy (non-hydrogen) atoms. The van der Waals surface area contributed by atoms with Gasteiger partial charge in [0.2, 0.25) is 11.8 Å². The largest absolute Gasteiger partial charge is 0.481 e. The molecule has 0 aromatic carbocycles. The zero-order valence-corrected chi connectivity index (χ0v) is 16.9. The first-order chi connectivity index (χ1) is 14.1. The second-order valence-electron chi connectivity index (χ2n) is 7.14. The van der Waals surface area contributed by atoms with E-state index in [1.54, 1.807) is 25.4 Å². The van der Waals surface area contributed by atoms with Crippen molar-refractivity contribution in [1.29, 1.82) is 0 Å². The van der Waals surface area contributed by atoms with Gasteiger partial charge in [0, 0.05) is 63.3 Å². The maximum Gasteiger partial charge on any atom is 0.255 e. The first-order valence-electron chi connectivity index (χ1n) is 9.86. The number of nitrogens with zero attached hydrogens (tertiary/aromatic N) is 6. The van der Waals surface area contributed by atoms with Crippen molar-refractivity contribution >= 4 is 17.7 Å². The Balaban J connectivity index is 1.41. The minimum Gasteiger partial charge on any atom is -0.481 e. The molecule has 9 nitrogen and oxygen atoms in total. The van der Waals surface area contributed by atoms with E-state index in [0.717, 1.165) is 43.6 Å². The summed E-state index contributed by atoms with van der Waals surface area (Å²) in [6, 6.07) is 5.47. The van der Waals surface area contributed by atoms with Gasteiger partial charge in [0.15, 0.2) is 0 Å². The van der Waals surface area contributed by atoms with E-state index in [1.165, 1.54) is 0 Å². The molecule has 2 aromatic rings. The minimum absolute atomic E-state index is 0.00678. The monoisotopic (exact) mass is 398 g/mol. The summed E-state index contributed by atoms with van der Waals surface area (Å²) in [6.07, 6.45) is 1.57. The van der Waals surface area contributed by atoms with Crippen molar-refractivity contribution < 1.29 is 14.3 Å². The van der Waals surface area contributed by atoms with Gasteiger partial charge < -0.3 is 24.2 Å². The highest BCUT2D eigenvalue weighted by atomic mass is 16.5. The Labute approximate surface area is 170 Å². The number of anilines is 2. The molecule has 0 N–H and O–H groups in total. The number of ether oxygens (including phenoxy) is 2. The van der Waals surface area contributed by atoms with E-state index in [0.29, 0.717) is 37.7 Å². The molecule has 9 heteroatoms. The number of carbonyl (C=O) groups is 1. The van der Waals surface area contributed by atoms with Crippen LogP contribution < -0.4 is 14.5 Å². The molecule has 0 radical (unpaired) electrons. The van der Waals surface area contributed by atoms with Crippen molar-refractivity contribution in [1.82, 2.24) is 19.9 Å². The number of hydrogen-bond acceptors (Lipinski definition) is 8. The number of hydrogen-bond donors (Lipinski definition) is 0. The highest BCUT2D eigenvalue weighted by Gasteiger charge is 2.24. The third-order valence-corrected chi connectivity index (χ3v) is 5.21. The first-order valence-corrected chi connectivity index (χ1v) is 9.86. The average Bonchev–Trinajstić information content (AvgIpc) is 2.79. The highest BCUT2D eigenvalue weighted by Crippen LogP contribution is 2.20. The number of amides is 1. The number of pyridine rings is 1. The summed E-state index contributed by atoms with van der Waals surface area (Å²) in [5.41, 5.74) is 1.52. The van der Waals surface area contributed by atoms with Gasteiger partial charge in [0.1, 0.15) is 5.82 Å². The molecule has 4 heterocycles. The second-order valence-corrected chi connectivity index (χ2v) is 7.14. The molecule has 2 saturated heterocycles. The van der Waals surface area contributed by atoms with E-state index in [2.05, 4.69) is 19.8 Å². The summed E-state index contributed by atoms with van der Waals surface area (Å²) in [5, 5.41) is 0. The average molecular weight is 398 g/mol. The molecule has 154 valence electrons. The lowest BCUT2D eigenvalue weighted by Crippen LogP contribution is -2.49. The number of aromatic nitrogens is 3. The van der Waals surface area contributed by atoms with E-state index in [4.69, 9.17) is 14.5 Å². The van der Waals surface area contributed by atoms with Gasteiger partial charge in [-0.1, -0.05) is 0 Å². The van der Waals surface area contributed by atoms with Gasteiger partial charge in [-0.3, -0.25) is 4.79 Å². The van der Waals surface area contributed by atoms with Crippen LogP contribution in [0.5, 0.6) is 5.88 Å². The van der Waals surface area contributed by atoms with Gasteiger partial charge >= 0.3 is 0 Å². The fourth-order valence-corrected chi connectivity index (χ4v) is 3.55. The minimum atomic E-state index is -0.00678. The number of morpholine rings is 1. The number of aryl methyl sites for hydroxylation is 1. The molecule has 2 aliphatic rings. The van der Waals surface area contributed by atoms with E-state index < -0.39 is 0 Å². The van der Waals surface area contributed by atoms with Crippen LogP contribution in [0.1, 0.15) is 16.1 Å². The van der Waals surface area contributed by atoms with Crippen LogP contribution in [0.2, 0.25) is 0 Å². The fraction of sp³-hybridized carbons (Fsp3) is 0.500. The van der Waals surface area contributed by atoms with Crippen LogP contribution >= 0.6 is 0 Å². The topological polar surface area (TPSA) is 83.9 Å². The SMILES string of the molecule is COc1ccc(C(=O)N2CCN(c3cc(C)nc(N4CCOCC4)n3)CC2)cn1. The molecule has 0 atom stereocenters. The van der Waals surface area contributed by atoms with Gasteiger partial charge in [0.05, 0.1) is 25.9 Å². The highest BCUT2D eigenvalue weighted by molar-refractivity contribution is 5.94. The molecule has 0 bridgehead atoms. The Morgan fingerprint density at radius 3 is 2.45 bits per heavy atom. The molecular weight excluding hydrogens is 372 g/mol. The normalized spacial score (nSPS) is 17.4. The molecule has 0 unspecified atom stereocenters. The third kappa shape index (κ3) is 4.40. The Kier molecular flexibility index (Phi) is 5.75. The maximum atomic E-state index is 12.7. The summed E-state index contributed by atoms with van der Waals surface area (Å²) in [5.74, 6) is 2.16. The van der Waals surface area contributed by atoms with Crippen LogP contribution in [0, 0.1) is 6.92 Å². The molecule has 4 rings (SSSR count). The van der Waals surface area contributed by atoms with Crippen LogP contribution in [0.15, 0.2) is 24.4 Å². The van der Waals surface area contributed by atoms with Crippen LogP contribution in [0.3, 0.4) is 0 Å². The standard InChI is InChI=1S/C20H26N6O3/c1-15-13-17(23-20(22-15)26-9-11-29-12-10-26)24-5-7-25(8-6-24)19(27)16-3-4-18(28-2)21-14-16/h3-4,13-14H,5-12H2,1-2H3. The van der Waals surface area contributed by atoms with Crippen molar-refractivity contribution in [3.05, 3.63) is 35.7 Å². The molecule has 0 aliphatic carbocycles. The van der Waals surface area contributed by atoms with Gasteiger partial charge in [-0.2, -0.15) is 4.98 Å². The van der Waals surface area contributed by atoms with Crippen molar-refractivity contribution in [3.63, 3.8) is 0 Å². The Bertz CT molecular complexity index is 846. The van der Waals surface area contributed by atoms with Crippen LogP contribution in [0.4, 0.5) is 11.8 Å². The zero-order chi connectivity index (χ0) is 20.2. The molecule has 0 saturated carbocycles.